The summed E-state index contributed by atoms with van der Waals surface area (Å²) >= 11 is 6.16. The van der Waals surface area contributed by atoms with Gasteiger partial charge < -0.3 is 5.32 Å². The van der Waals surface area contributed by atoms with Gasteiger partial charge in [-0.05, 0) is 66.0 Å². The van der Waals surface area contributed by atoms with Crippen LogP contribution >= 0.6 is 11.6 Å². The summed E-state index contributed by atoms with van der Waals surface area (Å²) in [4.78, 5) is 17.3. The maximum absolute atomic E-state index is 13.1. The largest absolute Gasteiger partial charge is 0.348 e. The van der Waals surface area contributed by atoms with Crippen LogP contribution in [0.2, 0.25) is 5.02 Å². The minimum absolute atomic E-state index is 0.0736. The van der Waals surface area contributed by atoms with Crippen LogP contribution in [-0.2, 0) is 0 Å². The Kier molecular flexibility index (Phi) is 5.70. The van der Waals surface area contributed by atoms with E-state index in [2.05, 4.69) is 37.1 Å². The highest BCUT2D eigenvalue weighted by molar-refractivity contribution is 6.30. The molecular formula is C25H28ClN3O. The predicted octanol–water partition coefficient (Wildman–Crippen LogP) is 6.14. The molecule has 0 spiro atoms. The highest BCUT2D eigenvalue weighted by Crippen LogP contribution is 2.38. The van der Waals surface area contributed by atoms with E-state index in [1.54, 1.807) is 12.5 Å². The summed E-state index contributed by atoms with van der Waals surface area (Å²) in [7, 11) is 0. The average molecular weight is 422 g/mol. The van der Waals surface area contributed by atoms with E-state index in [4.69, 9.17) is 11.6 Å². The fourth-order valence-corrected chi connectivity index (χ4v) is 5.08. The molecule has 0 saturated heterocycles. The van der Waals surface area contributed by atoms with E-state index in [0.717, 1.165) is 29.7 Å². The zero-order valence-electron chi connectivity index (χ0n) is 17.7. The number of imidazole rings is 1. The van der Waals surface area contributed by atoms with Crippen LogP contribution in [0.3, 0.4) is 0 Å². The fourth-order valence-electron chi connectivity index (χ4n) is 4.89. The van der Waals surface area contributed by atoms with Crippen LogP contribution in [0.15, 0.2) is 61.1 Å². The van der Waals surface area contributed by atoms with Crippen molar-refractivity contribution in [2.75, 3.05) is 0 Å². The maximum atomic E-state index is 13.1. The van der Waals surface area contributed by atoms with Gasteiger partial charge in [0.25, 0.3) is 5.91 Å². The van der Waals surface area contributed by atoms with Gasteiger partial charge in [0.15, 0.2) is 0 Å². The average Bonchev–Trinajstić information content (AvgIpc) is 3.16. The topological polar surface area (TPSA) is 46.9 Å². The van der Waals surface area contributed by atoms with E-state index < -0.39 is 0 Å². The van der Waals surface area contributed by atoms with Gasteiger partial charge in [-0.15, -0.1) is 0 Å². The fraction of sp³-hybridized carbons (Fsp3) is 0.360. The van der Waals surface area contributed by atoms with Gasteiger partial charge in [-0.2, -0.15) is 0 Å². The number of benzene rings is 2. The molecule has 1 saturated carbocycles. The van der Waals surface area contributed by atoms with Crippen molar-refractivity contribution in [2.24, 2.45) is 11.3 Å². The lowest BCUT2D eigenvalue weighted by Gasteiger charge is -2.39. The van der Waals surface area contributed by atoms with Crippen molar-refractivity contribution in [3.05, 3.63) is 71.8 Å². The SMILES string of the molecule is CC1CC(NC(=O)c2cncn2-c2cccc(-c3cccc(Cl)c3)c2)CC(C)(C)C1. The van der Waals surface area contributed by atoms with Crippen molar-refractivity contribution >= 4 is 17.5 Å². The van der Waals surface area contributed by atoms with E-state index in [1.165, 1.54) is 6.42 Å². The molecule has 2 aromatic carbocycles. The molecule has 30 heavy (non-hydrogen) atoms. The van der Waals surface area contributed by atoms with Crippen LogP contribution in [0.1, 0.15) is 50.5 Å². The lowest BCUT2D eigenvalue weighted by Crippen LogP contribution is -2.43. The molecule has 4 nitrogen and oxygen atoms in total. The van der Waals surface area contributed by atoms with Gasteiger partial charge in [-0.3, -0.25) is 9.36 Å². The number of nitrogens with zero attached hydrogens (tertiary/aromatic N) is 2. The number of nitrogens with one attached hydrogen (secondary N) is 1. The van der Waals surface area contributed by atoms with Gasteiger partial charge >= 0.3 is 0 Å². The van der Waals surface area contributed by atoms with Crippen LogP contribution in [0.4, 0.5) is 0 Å². The summed E-state index contributed by atoms with van der Waals surface area (Å²) in [5.74, 6) is 0.536. The van der Waals surface area contributed by atoms with Crippen molar-refractivity contribution in [1.29, 1.82) is 0 Å². The molecule has 5 heteroatoms. The molecule has 2 atom stereocenters. The number of amides is 1. The molecule has 3 aromatic rings. The summed E-state index contributed by atoms with van der Waals surface area (Å²) in [6.45, 7) is 6.84. The van der Waals surface area contributed by atoms with Crippen LogP contribution in [0, 0.1) is 11.3 Å². The minimum atomic E-state index is -0.0736. The first kappa shape index (κ1) is 20.7. The zero-order chi connectivity index (χ0) is 21.3. The van der Waals surface area contributed by atoms with Gasteiger partial charge in [0.05, 0.1) is 12.5 Å². The quantitative estimate of drug-likeness (QED) is 0.550. The molecule has 0 radical (unpaired) electrons. The van der Waals surface area contributed by atoms with Crippen molar-refractivity contribution in [3.63, 3.8) is 0 Å². The molecule has 1 fully saturated rings. The summed E-state index contributed by atoms with van der Waals surface area (Å²) in [5.41, 5.74) is 3.77. The molecule has 1 aromatic heterocycles. The second-order valence-corrected chi connectivity index (χ2v) is 9.73. The third kappa shape index (κ3) is 4.59. The van der Waals surface area contributed by atoms with Gasteiger partial charge in [0, 0.05) is 16.8 Å². The third-order valence-corrected chi connectivity index (χ3v) is 6.11. The van der Waals surface area contributed by atoms with Crippen molar-refractivity contribution in [1.82, 2.24) is 14.9 Å². The van der Waals surface area contributed by atoms with Gasteiger partial charge in [0.1, 0.15) is 5.69 Å². The van der Waals surface area contributed by atoms with E-state index in [0.29, 0.717) is 16.6 Å². The second kappa shape index (κ2) is 8.27. The van der Waals surface area contributed by atoms with E-state index in [9.17, 15) is 4.79 Å². The van der Waals surface area contributed by atoms with Crippen LogP contribution in [0.25, 0.3) is 16.8 Å². The van der Waals surface area contributed by atoms with Crippen molar-refractivity contribution in [3.8, 4) is 16.8 Å². The Bertz CT molecular complexity index is 1060. The molecule has 2 unspecified atom stereocenters. The summed E-state index contributed by atoms with van der Waals surface area (Å²) in [5, 5.41) is 3.95. The Morgan fingerprint density at radius 1 is 1.13 bits per heavy atom. The van der Waals surface area contributed by atoms with Crippen LogP contribution in [-0.4, -0.2) is 21.5 Å². The molecule has 1 heterocycles. The second-order valence-electron chi connectivity index (χ2n) is 9.29. The number of halogens is 1. The molecule has 4 rings (SSSR count). The Hall–Kier alpha value is -2.59. The maximum Gasteiger partial charge on any atom is 0.270 e. The normalized spacial score (nSPS) is 20.7. The van der Waals surface area contributed by atoms with E-state index in [-0.39, 0.29) is 17.4 Å². The van der Waals surface area contributed by atoms with E-state index >= 15 is 0 Å². The Morgan fingerprint density at radius 3 is 2.60 bits per heavy atom. The minimum Gasteiger partial charge on any atom is -0.348 e. The molecule has 156 valence electrons. The van der Waals surface area contributed by atoms with Crippen LogP contribution in [0.5, 0.6) is 0 Å². The van der Waals surface area contributed by atoms with Crippen molar-refractivity contribution < 1.29 is 4.79 Å². The molecular weight excluding hydrogens is 394 g/mol. The summed E-state index contributed by atoms with van der Waals surface area (Å²) < 4.78 is 1.85. The number of hydrogen-bond donors (Lipinski definition) is 1. The first-order valence-corrected chi connectivity index (χ1v) is 10.9. The molecule has 1 aliphatic rings. The Labute approximate surface area is 183 Å². The molecule has 1 N–H and O–H groups in total. The van der Waals surface area contributed by atoms with Gasteiger partial charge in [0.2, 0.25) is 0 Å². The highest BCUT2D eigenvalue weighted by atomic mass is 35.5. The summed E-state index contributed by atoms with van der Waals surface area (Å²) in [6, 6.07) is 16.0. The van der Waals surface area contributed by atoms with Gasteiger partial charge in [-0.25, -0.2) is 4.98 Å². The molecule has 0 aliphatic heterocycles. The first-order valence-electron chi connectivity index (χ1n) is 10.5. The van der Waals surface area contributed by atoms with Crippen molar-refractivity contribution in [2.45, 2.75) is 46.1 Å². The number of carbonyl (C=O) groups excluding carboxylic acids is 1. The standard InChI is InChI=1S/C25H28ClN3O/c1-17-10-21(14-25(2,3)13-17)28-24(30)23-15-27-16-29(23)22-9-5-7-19(12-22)18-6-4-8-20(26)11-18/h4-9,11-12,15-17,21H,10,13-14H2,1-3H3,(H,28,30). The number of carbonyl (C=O) groups is 1. The predicted molar refractivity (Wildman–Crippen MR) is 122 cm³/mol. The lowest BCUT2D eigenvalue weighted by atomic mass is 9.70. The third-order valence-electron chi connectivity index (χ3n) is 5.88. The monoisotopic (exact) mass is 421 g/mol. The number of rotatable bonds is 4. The number of aromatic nitrogens is 2. The van der Waals surface area contributed by atoms with Crippen LogP contribution < -0.4 is 5.32 Å². The highest BCUT2D eigenvalue weighted by Gasteiger charge is 2.33. The smallest absolute Gasteiger partial charge is 0.270 e. The molecule has 1 amide bonds. The molecule has 0 bridgehead atoms. The number of hydrogen-bond acceptors (Lipinski definition) is 2. The Balaban J connectivity index is 1.58. The Morgan fingerprint density at radius 2 is 1.87 bits per heavy atom. The van der Waals surface area contributed by atoms with E-state index in [1.807, 2.05) is 47.0 Å². The lowest BCUT2D eigenvalue weighted by molar-refractivity contribution is 0.0867. The van der Waals surface area contributed by atoms with Gasteiger partial charge in [-0.1, -0.05) is 56.6 Å². The zero-order valence-corrected chi connectivity index (χ0v) is 18.5. The first-order chi connectivity index (χ1) is 14.3. The molecule has 1 aliphatic carbocycles. The summed E-state index contributed by atoms with van der Waals surface area (Å²) in [6.07, 6.45) is 6.56.